The number of rotatable bonds is 4. The summed E-state index contributed by atoms with van der Waals surface area (Å²) in [5, 5.41) is 12.3. The summed E-state index contributed by atoms with van der Waals surface area (Å²) in [4.78, 5) is 12.0. The molecule has 0 heterocycles. The van der Waals surface area contributed by atoms with Crippen LogP contribution in [0, 0.1) is 11.2 Å². The first-order valence-corrected chi connectivity index (χ1v) is 6.50. The van der Waals surface area contributed by atoms with Crippen molar-refractivity contribution in [2.75, 3.05) is 18.9 Å². The molecule has 4 nitrogen and oxygen atoms in total. The quantitative estimate of drug-likeness (QED) is 0.726. The second-order valence-corrected chi connectivity index (χ2v) is 5.28. The third-order valence-electron chi connectivity index (χ3n) is 3.88. The van der Waals surface area contributed by atoms with Crippen LogP contribution in [0.2, 0.25) is 0 Å². The second kappa shape index (κ2) is 5.57. The number of carbonyl (C=O) groups is 1. The summed E-state index contributed by atoms with van der Waals surface area (Å²) in [6.45, 7) is 0.526. The zero-order valence-corrected chi connectivity index (χ0v) is 10.8. The molecule has 104 valence electrons. The zero-order chi connectivity index (χ0) is 13.9. The molecule has 1 aliphatic carbocycles. The zero-order valence-electron chi connectivity index (χ0n) is 10.8. The van der Waals surface area contributed by atoms with Crippen LogP contribution in [0.5, 0.6) is 0 Å². The standard InChI is InChI=1S/C14H19FN2O2/c15-11-4-3-10(7-12(11)16)13(19)17-8-14(9-18)5-1-2-6-14/h3-4,7,18H,1-2,5-6,8-9,16H2,(H,17,19). The van der Waals surface area contributed by atoms with Gasteiger partial charge >= 0.3 is 0 Å². The van der Waals surface area contributed by atoms with E-state index in [1.807, 2.05) is 0 Å². The number of aliphatic hydroxyl groups is 1. The van der Waals surface area contributed by atoms with Crippen LogP contribution in [0.1, 0.15) is 36.0 Å². The van der Waals surface area contributed by atoms with E-state index in [2.05, 4.69) is 5.32 Å². The Morgan fingerprint density at radius 2 is 2.11 bits per heavy atom. The fourth-order valence-electron chi connectivity index (χ4n) is 2.57. The van der Waals surface area contributed by atoms with Crippen molar-refractivity contribution in [3.63, 3.8) is 0 Å². The van der Waals surface area contributed by atoms with E-state index >= 15 is 0 Å². The highest BCUT2D eigenvalue weighted by molar-refractivity contribution is 5.95. The maximum atomic E-state index is 13.0. The van der Waals surface area contributed by atoms with E-state index in [1.54, 1.807) is 0 Å². The van der Waals surface area contributed by atoms with Crippen molar-refractivity contribution < 1.29 is 14.3 Å². The Labute approximate surface area is 111 Å². The summed E-state index contributed by atoms with van der Waals surface area (Å²) in [6, 6.07) is 3.91. The average molecular weight is 266 g/mol. The van der Waals surface area contributed by atoms with Crippen LogP contribution >= 0.6 is 0 Å². The van der Waals surface area contributed by atoms with Crippen molar-refractivity contribution >= 4 is 11.6 Å². The maximum Gasteiger partial charge on any atom is 0.251 e. The average Bonchev–Trinajstić information content (AvgIpc) is 2.89. The van der Waals surface area contributed by atoms with Crippen molar-refractivity contribution in [1.82, 2.24) is 5.32 Å². The number of nitrogen functional groups attached to an aromatic ring is 1. The first-order valence-electron chi connectivity index (χ1n) is 6.50. The number of halogens is 1. The molecule has 4 N–H and O–H groups in total. The SMILES string of the molecule is Nc1cc(C(=O)NCC2(CO)CCCC2)ccc1F. The molecule has 19 heavy (non-hydrogen) atoms. The lowest BCUT2D eigenvalue weighted by Crippen LogP contribution is -2.38. The number of nitrogens with one attached hydrogen (secondary N) is 1. The van der Waals surface area contributed by atoms with E-state index in [-0.39, 0.29) is 23.6 Å². The van der Waals surface area contributed by atoms with E-state index < -0.39 is 5.82 Å². The van der Waals surface area contributed by atoms with Gasteiger partial charge in [-0.1, -0.05) is 12.8 Å². The van der Waals surface area contributed by atoms with Crippen LogP contribution in [-0.4, -0.2) is 24.2 Å². The molecule has 0 spiro atoms. The molecule has 0 aromatic heterocycles. The maximum absolute atomic E-state index is 13.0. The van der Waals surface area contributed by atoms with Gasteiger partial charge in [0, 0.05) is 17.5 Å². The summed E-state index contributed by atoms with van der Waals surface area (Å²) in [7, 11) is 0. The van der Waals surface area contributed by atoms with E-state index in [9.17, 15) is 14.3 Å². The molecule has 0 aliphatic heterocycles. The summed E-state index contributed by atoms with van der Waals surface area (Å²) >= 11 is 0. The molecular formula is C14H19FN2O2. The minimum atomic E-state index is -0.529. The summed E-state index contributed by atoms with van der Waals surface area (Å²) in [5.41, 5.74) is 5.54. The summed E-state index contributed by atoms with van der Waals surface area (Å²) in [6.07, 6.45) is 4.02. The van der Waals surface area contributed by atoms with Crippen LogP contribution in [0.15, 0.2) is 18.2 Å². The lowest BCUT2D eigenvalue weighted by molar-refractivity contribution is 0.0880. The lowest BCUT2D eigenvalue weighted by atomic mass is 9.87. The van der Waals surface area contributed by atoms with Gasteiger partial charge in [0.2, 0.25) is 0 Å². The van der Waals surface area contributed by atoms with Gasteiger partial charge in [-0.2, -0.15) is 0 Å². The molecule has 0 radical (unpaired) electrons. The molecule has 0 unspecified atom stereocenters. The van der Waals surface area contributed by atoms with Gasteiger partial charge in [0.25, 0.3) is 5.91 Å². The largest absolute Gasteiger partial charge is 0.396 e. The molecule has 1 aliphatic rings. The Balaban J connectivity index is 1.99. The van der Waals surface area contributed by atoms with Gasteiger partial charge in [-0.3, -0.25) is 4.79 Å². The Bertz CT molecular complexity index is 471. The third kappa shape index (κ3) is 3.04. The Hall–Kier alpha value is -1.62. The number of carbonyl (C=O) groups excluding carboxylic acids is 1. The van der Waals surface area contributed by atoms with Gasteiger partial charge in [-0.05, 0) is 31.0 Å². The minimum Gasteiger partial charge on any atom is -0.396 e. The molecule has 5 heteroatoms. The number of aliphatic hydroxyl groups excluding tert-OH is 1. The first kappa shape index (κ1) is 13.8. The van der Waals surface area contributed by atoms with E-state index in [0.717, 1.165) is 25.7 Å². The molecule has 2 rings (SSSR count). The second-order valence-electron chi connectivity index (χ2n) is 5.28. The van der Waals surface area contributed by atoms with Crippen LogP contribution in [0.4, 0.5) is 10.1 Å². The number of benzene rings is 1. The fraction of sp³-hybridized carbons (Fsp3) is 0.500. The molecule has 0 saturated heterocycles. The predicted octanol–water partition coefficient (Wildman–Crippen LogP) is 1.69. The minimum absolute atomic E-state index is 0.0367. The molecule has 0 bridgehead atoms. The monoisotopic (exact) mass is 266 g/mol. The Morgan fingerprint density at radius 1 is 1.42 bits per heavy atom. The van der Waals surface area contributed by atoms with Gasteiger partial charge in [-0.25, -0.2) is 4.39 Å². The van der Waals surface area contributed by atoms with Gasteiger partial charge in [0.05, 0.1) is 12.3 Å². The smallest absolute Gasteiger partial charge is 0.251 e. The van der Waals surface area contributed by atoms with Crippen LogP contribution in [-0.2, 0) is 0 Å². The van der Waals surface area contributed by atoms with Gasteiger partial charge in [0.1, 0.15) is 5.82 Å². The topological polar surface area (TPSA) is 75.4 Å². The highest BCUT2D eigenvalue weighted by Crippen LogP contribution is 2.36. The predicted molar refractivity (Wildman–Crippen MR) is 71.1 cm³/mol. The molecule has 1 amide bonds. The van der Waals surface area contributed by atoms with E-state index in [4.69, 9.17) is 5.73 Å². The lowest BCUT2D eigenvalue weighted by Gasteiger charge is -2.26. The van der Waals surface area contributed by atoms with E-state index in [1.165, 1.54) is 18.2 Å². The van der Waals surface area contributed by atoms with Crippen LogP contribution in [0.25, 0.3) is 0 Å². The van der Waals surface area contributed by atoms with Crippen molar-refractivity contribution in [1.29, 1.82) is 0 Å². The highest BCUT2D eigenvalue weighted by atomic mass is 19.1. The normalized spacial score (nSPS) is 17.4. The van der Waals surface area contributed by atoms with Gasteiger partial charge < -0.3 is 16.2 Å². The Kier molecular flexibility index (Phi) is 4.04. The fourth-order valence-corrected chi connectivity index (χ4v) is 2.57. The van der Waals surface area contributed by atoms with Crippen molar-refractivity contribution in [2.45, 2.75) is 25.7 Å². The van der Waals surface area contributed by atoms with Crippen molar-refractivity contribution in [3.05, 3.63) is 29.6 Å². The third-order valence-corrected chi connectivity index (χ3v) is 3.88. The van der Waals surface area contributed by atoms with Crippen LogP contribution < -0.4 is 11.1 Å². The molecule has 1 aromatic carbocycles. The molecule has 1 saturated carbocycles. The number of amides is 1. The number of hydrogen-bond donors (Lipinski definition) is 3. The van der Waals surface area contributed by atoms with E-state index in [0.29, 0.717) is 12.1 Å². The molecular weight excluding hydrogens is 247 g/mol. The highest BCUT2D eigenvalue weighted by Gasteiger charge is 2.33. The van der Waals surface area contributed by atoms with Gasteiger partial charge in [-0.15, -0.1) is 0 Å². The number of nitrogens with two attached hydrogens (primary N) is 1. The van der Waals surface area contributed by atoms with Crippen molar-refractivity contribution in [2.24, 2.45) is 5.41 Å². The summed E-state index contributed by atoms with van der Waals surface area (Å²) < 4.78 is 13.0. The number of hydrogen-bond acceptors (Lipinski definition) is 3. The van der Waals surface area contributed by atoms with Crippen LogP contribution in [0.3, 0.4) is 0 Å². The first-order chi connectivity index (χ1) is 9.06. The molecule has 0 atom stereocenters. The van der Waals surface area contributed by atoms with Gasteiger partial charge in [0.15, 0.2) is 0 Å². The Morgan fingerprint density at radius 3 is 2.68 bits per heavy atom. The molecule has 1 fully saturated rings. The van der Waals surface area contributed by atoms with Crippen molar-refractivity contribution in [3.8, 4) is 0 Å². The molecule has 1 aromatic rings. The number of anilines is 1. The summed E-state index contributed by atoms with van der Waals surface area (Å²) in [5.74, 6) is -0.814.